The Morgan fingerprint density at radius 1 is 1.29 bits per heavy atom. The molecule has 0 saturated heterocycles. The van der Waals surface area contributed by atoms with Gasteiger partial charge in [0.15, 0.2) is 0 Å². The molecule has 0 aliphatic carbocycles. The Kier molecular flexibility index (Phi) is 3.90. The number of fused-ring (bicyclic) bond motifs is 1. The van der Waals surface area contributed by atoms with Crippen LogP contribution in [0.5, 0.6) is 0 Å². The molecule has 0 aliphatic rings. The van der Waals surface area contributed by atoms with E-state index in [4.69, 9.17) is 23.2 Å². The van der Waals surface area contributed by atoms with E-state index in [-0.39, 0.29) is 5.88 Å². The van der Waals surface area contributed by atoms with Gasteiger partial charge in [0.2, 0.25) is 0 Å². The number of halogens is 3. The summed E-state index contributed by atoms with van der Waals surface area (Å²) in [5.74, 6) is 0.872. The molecule has 3 aromatic rings. The van der Waals surface area contributed by atoms with Crippen molar-refractivity contribution in [1.82, 2.24) is 9.55 Å². The summed E-state index contributed by atoms with van der Waals surface area (Å²) in [6.07, 6.45) is 0. The first kappa shape index (κ1) is 14.4. The van der Waals surface area contributed by atoms with Gasteiger partial charge in [-0.25, -0.2) is 4.98 Å². The smallest absolute Gasteiger partial charge is 0.129 e. The molecule has 0 aliphatic heterocycles. The monoisotopic (exact) mass is 379 g/mol. The van der Waals surface area contributed by atoms with Gasteiger partial charge < -0.3 is 0 Å². The first-order valence-electron chi connectivity index (χ1n) is 6.07. The minimum atomic E-state index is 0.225. The molecule has 0 fully saturated rings. The molecule has 3 rings (SSSR count). The minimum Gasteiger partial charge on any atom is -0.294 e. The van der Waals surface area contributed by atoms with Crippen LogP contribution in [0.1, 0.15) is 11.4 Å². The van der Waals surface area contributed by atoms with E-state index in [1.54, 1.807) is 12.1 Å². The maximum atomic E-state index is 9.21. The number of nitrogens with zero attached hydrogens (tertiary/aromatic N) is 3. The zero-order valence-corrected chi connectivity index (χ0v) is 13.7. The van der Waals surface area contributed by atoms with E-state index in [2.05, 4.69) is 27.0 Å². The van der Waals surface area contributed by atoms with E-state index in [0.717, 1.165) is 15.7 Å². The van der Waals surface area contributed by atoms with Gasteiger partial charge in [0.05, 0.1) is 27.7 Å². The number of para-hydroxylation sites is 1. The predicted molar refractivity (Wildman–Crippen MR) is 88.1 cm³/mol. The zero-order valence-electron chi connectivity index (χ0n) is 10.6. The Balaban J connectivity index is 2.42. The molecule has 2 aromatic carbocycles. The number of aromatic nitrogens is 2. The van der Waals surface area contributed by atoms with Gasteiger partial charge in [0.25, 0.3) is 0 Å². The maximum Gasteiger partial charge on any atom is 0.129 e. The van der Waals surface area contributed by atoms with Crippen LogP contribution in [0, 0.1) is 11.3 Å². The molecule has 0 bridgehead atoms. The van der Waals surface area contributed by atoms with E-state index in [9.17, 15) is 5.26 Å². The van der Waals surface area contributed by atoms with E-state index < -0.39 is 0 Å². The summed E-state index contributed by atoms with van der Waals surface area (Å²) in [5.41, 5.74) is 2.74. The van der Waals surface area contributed by atoms with E-state index >= 15 is 0 Å². The van der Waals surface area contributed by atoms with Crippen molar-refractivity contribution in [2.75, 3.05) is 0 Å². The number of hydrogen-bond acceptors (Lipinski definition) is 2. The summed E-state index contributed by atoms with van der Waals surface area (Å²) >= 11 is 15.8. The fourth-order valence-electron chi connectivity index (χ4n) is 2.25. The van der Waals surface area contributed by atoms with Crippen molar-refractivity contribution in [2.45, 2.75) is 5.88 Å². The normalized spacial score (nSPS) is 10.8. The van der Waals surface area contributed by atoms with Crippen LogP contribution in [0.3, 0.4) is 0 Å². The topological polar surface area (TPSA) is 41.6 Å². The molecular weight excluding hydrogens is 373 g/mol. The molecule has 104 valence electrons. The van der Waals surface area contributed by atoms with Gasteiger partial charge in [-0.05, 0) is 30.3 Å². The van der Waals surface area contributed by atoms with Gasteiger partial charge in [-0.1, -0.05) is 33.6 Å². The Hall–Kier alpha value is -1.54. The van der Waals surface area contributed by atoms with Crippen molar-refractivity contribution < 1.29 is 0 Å². The van der Waals surface area contributed by atoms with Crippen molar-refractivity contribution in [3.63, 3.8) is 0 Å². The second-order valence-corrected chi connectivity index (χ2v) is 5.97. The Bertz CT molecular complexity index is 880. The SMILES string of the molecule is N#Cc1cccc2c1nc(CCl)n2-c1cc(Br)ccc1Cl. The molecule has 1 aromatic heterocycles. The average Bonchev–Trinajstić information content (AvgIpc) is 2.88. The lowest BCUT2D eigenvalue weighted by Gasteiger charge is -2.10. The summed E-state index contributed by atoms with van der Waals surface area (Å²) in [6.45, 7) is 0. The van der Waals surface area contributed by atoms with E-state index in [1.807, 2.05) is 28.8 Å². The molecule has 0 unspecified atom stereocenters. The molecule has 0 atom stereocenters. The molecule has 0 amide bonds. The second-order valence-electron chi connectivity index (χ2n) is 4.38. The molecule has 0 saturated carbocycles. The Morgan fingerprint density at radius 2 is 2.10 bits per heavy atom. The van der Waals surface area contributed by atoms with Gasteiger partial charge in [-0.15, -0.1) is 11.6 Å². The summed E-state index contributed by atoms with van der Waals surface area (Å²) in [6, 6.07) is 13.2. The lowest BCUT2D eigenvalue weighted by molar-refractivity contribution is 0.981. The molecule has 1 heterocycles. The van der Waals surface area contributed by atoms with Crippen molar-refractivity contribution in [2.24, 2.45) is 0 Å². The Morgan fingerprint density at radius 3 is 2.81 bits per heavy atom. The van der Waals surface area contributed by atoms with Crippen LogP contribution in [-0.4, -0.2) is 9.55 Å². The van der Waals surface area contributed by atoms with Crippen molar-refractivity contribution in [3.05, 3.63) is 57.3 Å². The first-order valence-corrected chi connectivity index (χ1v) is 7.78. The molecular formula is C15H8BrCl2N3. The van der Waals surface area contributed by atoms with E-state index in [0.29, 0.717) is 21.9 Å². The number of nitriles is 1. The number of imidazole rings is 1. The van der Waals surface area contributed by atoms with Crippen LogP contribution in [0.15, 0.2) is 40.9 Å². The van der Waals surface area contributed by atoms with Crippen molar-refractivity contribution >= 4 is 50.2 Å². The number of alkyl halides is 1. The lowest BCUT2D eigenvalue weighted by atomic mass is 10.2. The lowest BCUT2D eigenvalue weighted by Crippen LogP contribution is -2.00. The standard InChI is InChI=1S/C15H8BrCl2N3/c16-10-4-5-11(18)13(6-10)21-12-3-1-2-9(8-19)15(12)20-14(21)7-17/h1-6H,7H2. The van der Waals surface area contributed by atoms with Gasteiger partial charge in [0.1, 0.15) is 17.4 Å². The highest BCUT2D eigenvalue weighted by atomic mass is 79.9. The van der Waals surface area contributed by atoms with Crippen LogP contribution in [-0.2, 0) is 5.88 Å². The molecule has 21 heavy (non-hydrogen) atoms. The van der Waals surface area contributed by atoms with Gasteiger partial charge in [-0.2, -0.15) is 5.26 Å². The van der Waals surface area contributed by atoms with Gasteiger partial charge in [-0.3, -0.25) is 4.57 Å². The molecule has 0 spiro atoms. The zero-order chi connectivity index (χ0) is 15.0. The minimum absolute atomic E-state index is 0.225. The third-order valence-corrected chi connectivity index (χ3v) is 4.20. The highest BCUT2D eigenvalue weighted by Gasteiger charge is 2.16. The predicted octanol–water partition coefficient (Wildman–Crippen LogP) is 5.05. The van der Waals surface area contributed by atoms with Crippen LogP contribution in [0.25, 0.3) is 16.7 Å². The second kappa shape index (κ2) is 5.69. The average molecular weight is 381 g/mol. The summed E-state index contributed by atoms with van der Waals surface area (Å²) < 4.78 is 2.79. The van der Waals surface area contributed by atoms with Gasteiger partial charge >= 0.3 is 0 Å². The summed E-state index contributed by atoms with van der Waals surface area (Å²) in [4.78, 5) is 4.48. The number of hydrogen-bond donors (Lipinski definition) is 0. The van der Waals surface area contributed by atoms with Crippen molar-refractivity contribution in [3.8, 4) is 11.8 Å². The van der Waals surface area contributed by atoms with Crippen molar-refractivity contribution in [1.29, 1.82) is 5.26 Å². The largest absolute Gasteiger partial charge is 0.294 e. The van der Waals surface area contributed by atoms with Crippen LogP contribution < -0.4 is 0 Å². The third-order valence-electron chi connectivity index (χ3n) is 3.14. The van der Waals surface area contributed by atoms with Crippen LogP contribution in [0.2, 0.25) is 5.02 Å². The highest BCUT2D eigenvalue weighted by Crippen LogP contribution is 2.30. The quantitative estimate of drug-likeness (QED) is 0.583. The molecule has 3 nitrogen and oxygen atoms in total. The Labute approximate surface area is 139 Å². The fraction of sp³-hybridized carbons (Fsp3) is 0.0667. The number of benzene rings is 2. The van der Waals surface area contributed by atoms with E-state index in [1.165, 1.54) is 0 Å². The molecule has 6 heteroatoms. The third kappa shape index (κ3) is 2.42. The fourth-order valence-corrected chi connectivity index (χ4v) is 2.98. The summed E-state index contributed by atoms with van der Waals surface area (Å²) in [7, 11) is 0. The first-order chi connectivity index (χ1) is 10.2. The van der Waals surface area contributed by atoms with Crippen LogP contribution >= 0.6 is 39.1 Å². The highest BCUT2D eigenvalue weighted by molar-refractivity contribution is 9.10. The molecule has 0 radical (unpaired) electrons. The maximum absolute atomic E-state index is 9.21. The van der Waals surface area contributed by atoms with Gasteiger partial charge in [0, 0.05) is 4.47 Å². The van der Waals surface area contributed by atoms with Crippen LogP contribution in [0.4, 0.5) is 0 Å². The summed E-state index contributed by atoms with van der Waals surface area (Å²) in [5, 5.41) is 9.80. The molecule has 0 N–H and O–H groups in total. The number of rotatable bonds is 2.